The predicted molar refractivity (Wildman–Crippen MR) is 74.4 cm³/mol. The summed E-state index contributed by atoms with van der Waals surface area (Å²) in [5.41, 5.74) is 1.17. The lowest BCUT2D eigenvalue weighted by Gasteiger charge is -2.34. The monoisotopic (exact) mass is 279 g/mol. The maximum atomic E-state index is 5.56. The van der Waals surface area contributed by atoms with Crippen LogP contribution in [0.25, 0.3) is 0 Å². The van der Waals surface area contributed by atoms with Gasteiger partial charge in [-0.3, -0.25) is 0 Å². The number of benzene rings is 1. The molecular formula is C15H21NO4. The summed E-state index contributed by atoms with van der Waals surface area (Å²) in [5.74, 6) is 2.18. The lowest BCUT2D eigenvalue weighted by Crippen LogP contribution is -2.48. The summed E-state index contributed by atoms with van der Waals surface area (Å²) in [7, 11) is 1.64. The summed E-state index contributed by atoms with van der Waals surface area (Å²) in [6.07, 6.45) is 2.24. The molecule has 0 bridgehead atoms. The molecule has 0 spiro atoms. The van der Waals surface area contributed by atoms with E-state index in [4.69, 9.17) is 18.9 Å². The fourth-order valence-corrected chi connectivity index (χ4v) is 2.67. The Bertz CT molecular complexity index is 483. The van der Waals surface area contributed by atoms with E-state index in [1.807, 2.05) is 12.1 Å². The zero-order valence-corrected chi connectivity index (χ0v) is 12.0. The van der Waals surface area contributed by atoms with Crippen LogP contribution in [0.1, 0.15) is 25.3 Å². The standard InChI is InChI=1S/C15H21NO4/c1-15(4-3-5-18-9-15)16-8-11-6-12(17-2)14-13(7-11)19-10-20-14/h6-7,16H,3-5,8-10H2,1-2H3. The normalized spacial score (nSPS) is 24.7. The van der Waals surface area contributed by atoms with Gasteiger partial charge < -0.3 is 24.3 Å². The van der Waals surface area contributed by atoms with Crippen LogP contribution in [0.15, 0.2) is 12.1 Å². The molecule has 0 aliphatic carbocycles. The number of nitrogens with one attached hydrogen (secondary N) is 1. The number of fused-ring (bicyclic) bond motifs is 1. The van der Waals surface area contributed by atoms with E-state index in [2.05, 4.69) is 12.2 Å². The SMILES string of the molecule is COc1cc(CNC2(C)CCCOC2)cc2c1OCO2. The topological polar surface area (TPSA) is 49.0 Å². The Kier molecular flexibility index (Phi) is 3.72. The first-order valence-corrected chi connectivity index (χ1v) is 6.99. The summed E-state index contributed by atoms with van der Waals surface area (Å²) in [6, 6.07) is 4.00. The Balaban J connectivity index is 1.71. The van der Waals surface area contributed by atoms with Crippen LogP contribution in [-0.2, 0) is 11.3 Å². The molecular weight excluding hydrogens is 258 g/mol. The third-order valence-corrected chi connectivity index (χ3v) is 3.88. The van der Waals surface area contributed by atoms with Gasteiger partial charge in [0.25, 0.3) is 0 Å². The minimum atomic E-state index is 0.0435. The summed E-state index contributed by atoms with van der Waals surface area (Å²) < 4.78 is 21.8. The van der Waals surface area contributed by atoms with Gasteiger partial charge in [0.15, 0.2) is 11.5 Å². The number of hydrogen-bond donors (Lipinski definition) is 1. The summed E-state index contributed by atoms with van der Waals surface area (Å²) in [4.78, 5) is 0. The van der Waals surface area contributed by atoms with Crippen LogP contribution in [0.4, 0.5) is 0 Å². The van der Waals surface area contributed by atoms with Crippen LogP contribution < -0.4 is 19.5 Å². The Morgan fingerprint density at radius 2 is 2.25 bits per heavy atom. The quantitative estimate of drug-likeness (QED) is 0.914. The van der Waals surface area contributed by atoms with Crippen molar-refractivity contribution in [3.8, 4) is 17.2 Å². The van der Waals surface area contributed by atoms with E-state index < -0.39 is 0 Å². The highest BCUT2D eigenvalue weighted by Crippen LogP contribution is 2.41. The Morgan fingerprint density at radius 3 is 3.00 bits per heavy atom. The van der Waals surface area contributed by atoms with Crippen LogP contribution in [0.3, 0.4) is 0 Å². The number of methoxy groups -OCH3 is 1. The molecule has 2 aliphatic heterocycles. The lowest BCUT2D eigenvalue weighted by molar-refractivity contribution is 0.0278. The minimum absolute atomic E-state index is 0.0435. The first-order chi connectivity index (χ1) is 9.70. The molecule has 1 aromatic rings. The van der Waals surface area contributed by atoms with Crippen LogP contribution in [-0.4, -0.2) is 32.7 Å². The lowest BCUT2D eigenvalue weighted by atomic mass is 9.94. The third-order valence-electron chi connectivity index (χ3n) is 3.88. The molecule has 1 fully saturated rings. The average molecular weight is 279 g/mol. The van der Waals surface area contributed by atoms with Crippen LogP contribution >= 0.6 is 0 Å². The molecule has 110 valence electrons. The molecule has 2 heterocycles. The van der Waals surface area contributed by atoms with Crippen LogP contribution in [0, 0.1) is 0 Å². The predicted octanol–water partition coefficient (Wildman–Crippen LogP) is 2.08. The molecule has 5 heteroatoms. The van der Waals surface area contributed by atoms with Gasteiger partial charge in [-0.15, -0.1) is 0 Å². The van der Waals surface area contributed by atoms with Crippen molar-refractivity contribution in [1.29, 1.82) is 0 Å². The van der Waals surface area contributed by atoms with Crippen molar-refractivity contribution in [2.24, 2.45) is 0 Å². The summed E-state index contributed by atoms with van der Waals surface area (Å²) in [5, 5.41) is 3.58. The van der Waals surface area contributed by atoms with E-state index in [9.17, 15) is 0 Å². The Morgan fingerprint density at radius 1 is 1.35 bits per heavy atom. The zero-order chi connectivity index (χ0) is 14.0. The van der Waals surface area contributed by atoms with Gasteiger partial charge in [-0.2, -0.15) is 0 Å². The van der Waals surface area contributed by atoms with Crippen molar-refractivity contribution >= 4 is 0 Å². The van der Waals surface area contributed by atoms with Crippen molar-refractivity contribution in [1.82, 2.24) is 5.32 Å². The second-order valence-corrected chi connectivity index (χ2v) is 5.60. The van der Waals surface area contributed by atoms with Gasteiger partial charge in [-0.05, 0) is 37.5 Å². The van der Waals surface area contributed by atoms with Crippen molar-refractivity contribution < 1.29 is 18.9 Å². The first kappa shape index (κ1) is 13.5. The van der Waals surface area contributed by atoms with Crippen LogP contribution in [0.5, 0.6) is 17.2 Å². The molecule has 1 unspecified atom stereocenters. The highest BCUT2D eigenvalue weighted by atomic mass is 16.7. The van der Waals surface area contributed by atoms with Gasteiger partial charge in [0, 0.05) is 18.7 Å². The largest absolute Gasteiger partial charge is 0.493 e. The van der Waals surface area contributed by atoms with Crippen molar-refractivity contribution in [3.05, 3.63) is 17.7 Å². The van der Waals surface area contributed by atoms with Crippen molar-refractivity contribution in [2.75, 3.05) is 27.1 Å². The molecule has 3 rings (SSSR count). The maximum Gasteiger partial charge on any atom is 0.231 e. The number of rotatable bonds is 4. The molecule has 1 aromatic carbocycles. The van der Waals surface area contributed by atoms with E-state index in [1.165, 1.54) is 0 Å². The fourth-order valence-electron chi connectivity index (χ4n) is 2.67. The molecule has 1 atom stereocenters. The second-order valence-electron chi connectivity index (χ2n) is 5.60. The fraction of sp³-hybridized carbons (Fsp3) is 0.600. The number of hydrogen-bond acceptors (Lipinski definition) is 5. The van der Waals surface area contributed by atoms with Gasteiger partial charge in [-0.25, -0.2) is 0 Å². The van der Waals surface area contributed by atoms with Gasteiger partial charge in [0.2, 0.25) is 12.5 Å². The highest BCUT2D eigenvalue weighted by molar-refractivity contribution is 5.55. The summed E-state index contributed by atoms with van der Waals surface area (Å²) in [6.45, 7) is 4.85. The van der Waals surface area contributed by atoms with E-state index in [-0.39, 0.29) is 12.3 Å². The average Bonchev–Trinajstić information content (AvgIpc) is 2.93. The first-order valence-electron chi connectivity index (χ1n) is 6.99. The van der Waals surface area contributed by atoms with E-state index in [1.54, 1.807) is 7.11 Å². The molecule has 2 aliphatic rings. The molecule has 1 saturated heterocycles. The Hall–Kier alpha value is -1.46. The van der Waals surface area contributed by atoms with Crippen molar-refractivity contribution in [2.45, 2.75) is 31.8 Å². The molecule has 0 radical (unpaired) electrons. The zero-order valence-electron chi connectivity index (χ0n) is 12.0. The molecule has 20 heavy (non-hydrogen) atoms. The van der Waals surface area contributed by atoms with Crippen LogP contribution in [0.2, 0.25) is 0 Å². The van der Waals surface area contributed by atoms with Gasteiger partial charge in [-0.1, -0.05) is 0 Å². The van der Waals surface area contributed by atoms with Gasteiger partial charge >= 0.3 is 0 Å². The number of ether oxygens (including phenoxy) is 4. The third kappa shape index (κ3) is 2.69. The molecule has 0 aromatic heterocycles. The Labute approximate surface area is 119 Å². The maximum absolute atomic E-state index is 5.56. The van der Waals surface area contributed by atoms with E-state index in [0.717, 1.165) is 49.7 Å². The van der Waals surface area contributed by atoms with E-state index in [0.29, 0.717) is 5.75 Å². The second kappa shape index (κ2) is 5.50. The molecule has 0 saturated carbocycles. The van der Waals surface area contributed by atoms with Gasteiger partial charge in [0.1, 0.15) is 0 Å². The highest BCUT2D eigenvalue weighted by Gasteiger charge is 2.27. The smallest absolute Gasteiger partial charge is 0.231 e. The molecule has 0 amide bonds. The summed E-state index contributed by atoms with van der Waals surface area (Å²) >= 11 is 0. The van der Waals surface area contributed by atoms with Crippen molar-refractivity contribution in [3.63, 3.8) is 0 Å². The minimum Gasteiger partial charge on any atom is -0.493 e. The molecule has 1 N–H and O–H groups in total. The van der Waals surface area contributed by atoms with E-state index >= 15 is 0 Å². The molecule has 5 nitrogen and oxygen atoms in total. The van der Waals surface area contributed by atoms with Gasteiger partial charge in [0.05, 0.1) is 13.7 Å².